The molecule has 0 bridgehead atoms. The molecule has 128 valence electrons. The Kier molecular flexibility index (Phi) is 3.93. The minimum Gasteiger partial charge on any atom is -0.321 e. The first kappa shape index (κ1) is 16.0. The first-order valence-electron chi connectivity index (χ1n) is 7.91. The lowest BCUT2D eigenvalue weighted by Crippen LogP contribution is -2.12. The molecule has 0 saturated heterocycles. The molecule has 4 aromatic rings. The third-order valence-corrected chi connectivity index (χ3v) is 3.97. The van der Waals surface area contributed by atoms with Crippen molar-refractivity contribution in [1.82, 2.24) is 9.38 Å². The first-order chi connectivity index (χ1) is 12.6. The van der Waals surface area contributed by atoms with Crippen molar-refractivity contribution < 1.29 is 13.6 Å². The molecular formula is C20H13F2N3O. The van der Waals surface area contributed by atoms with E-state index in [1.165, 1.54) is 30.3 Å². The van der Waals surface area contributed by atoms with Crippen molar-refractivity contribution in [2.45, 2.75) is 0 Å². The second-order valence-corrected chi connectivity index (χ2v) is 5.75. The second-order valence-electron chi connectivity index (χ2n) is 5.75. The summed E-state index contributed by atoms with van der Waals surface area (Å²) in [4.78, 5) is 16.6. The fourth-order valence-corrected chi connectivity index (χ4v) is 2.68. The van der Waals surface area contributed by atoms with E-state index in [0.717, 1.165) is 0 Å². The average molecular weight is 349 g/mol. The van der Waals surface area contributed by atoms with Crippen LogP contribution in [0.15, 0.2) is 73.1 Å². The topological polar surface area (TPSA) is 46.4 Å². The van der Waals surface area contributed by atoms with Gasteiger partial charge in [-0.1, -0.05) is 18.2 Å². The van der Waals surface area contributed by atoms with Crippen LogP contribution in [0.2, 0.25) is 0 Å². The number of pyridine rings is 1. The van der Waals surface area contributed by atoms with Gasteiger partial charge in [0.15, 0.2) is 0 Å². The number of imidazole rings is 1. The molecular weight excluding hydrogens is 336 g/mol. The van der Waals surface area contributed by atoms with Crippen molar-refractivity contribution in [1.29, 1.82) is 0 Å². The van der Waals surface area contributed by atoms with Crippen molar-refractivity contribution in [2.24, 2.45) is 0 Å². The zero-order valence-corrected chi connectivity index (χ0v) is 13.5. The van der Waals surface area contributed by atoms with Crippen LogP contribution in [-0.4, -0.2) is 15.3 Å². The number of hydrogen-bond donors (Lipinski definition) is 1. The number of nitrogens with zero attached hydrogens (tertiary/aromatic N) is 2. The number of benzene rings is 2. The van der Waals surface area contributed by atoms with Crippen molar-refractivity contribution in [3.8, 4) is 11.1 Å². The third kappa shape index (κ3) is 3.04. The maximum absolute atomic E-state index is 14.0. The predicted octanol–water partition coefficient (Wildman–Crippen LogP) is 4.53. The Bertz CT molecular complexity index is 1100. The number of aromatic nitrogens is 2. The lowest BCUT2D eigenvalue weighted by atomic mass is 10.1. The smallest absolute Gasteiger partial charge is 0.275 e. The number of anilines is 1. The van der Waals surface area contributed by atoms with Crippen LogP contribution in [0.5, 0.6) is 0 Å². The van der Waals surface area contributed by atoms with E-state index in [1.54, 1.807) is 47.1 Å². The summed E-state index contributed by atoms with van der Waals surface area (Å²) in [7, 11) is 0. The molecule has 2 aromatic heterocycles. The Morgan fingerprint density at radius 1 is 0.923 bits per heavy atom. The number of hydrogen-bond acceptors (Lipinski definition) is 2. The van der Waals surface area contributed by atoms with Crippen LogP contribution in [0.1, 0.15) is 10.5 Å². The van der Waals surface area contributed by atoms with E-state index in [0.29, 0.717) is 22.5 Å². The molecule has 1 amide bonds. The van der Waals surface area contributed by atoms with E-state index in [-0.39, 0.29) is 17.3 Å². The van der Waals surface area contributed by atoms with Gasteiger partial charge in [-0.25, -0.2) is 13.8 Å². The summed E-state index contributed by atoms with van der Waals surface area (Å²) in [5, 5.41) is 2.66. The number of carbonyl (C=O) groups excluding carboxylic acids is 1. The summed E-state index contributed by atoms with van der Waals surface area (Å²) < 4.78 is 28.6. The second kappa shape index (κ2) is 6.40. The maximum atomic E-state index is 14.0. The molecule has 1 N–H and O–H groups in total. The fraction of sp³-hybridized carbons (Fsp3) is 0. The summed E-state index contributed by atoms with van der Waals surface area (Å²) >= 11 is 0. The summed E-state index contributed by atoms with van der Waals surface area (Å²) in [6.07, 6.45) is 3.29. The quantitative estimate of drug-likeness (QED) is 0.591. The van der Waals surface area contributed by atoms with E-state index in [2.05, 4.69) is 10.3 Å². The molecule has 2 heterocycles. The van der Waals surface area contributed by atoms with Gasteiger partial charge >= 0.3 is 0 Å². The minimum atomic E-state index is -0.409. The van der Waals surface area contributed by atoms with Gasteiger partial charge in [-0.15, -0.1) is 0 Å². The minimum absolute atomic E-state index is 0.208. The molecule has 0 atom stereocenters. The zero-order valence-electron chi connectivity index (χ0n) is 13.5. The van der Waals surface area contributed by atoms with Crippen LogP contribution < -0.4 is 5.32 Å². The molecule has 0 unspecified atom stereocenters. The average Bonchev–Trinajstić information content (AvgIpc) is 3.07. The van der Waals surface area contributed by atoms with Gasteiger partial charge in [-0.05, 0) is 42.5 Å². The Morgan fingerprint density at radius 3 is 2.46 bits per heavy atom. The third-order valence-electron chi connectivity index (χ3n) is 3.97. The number of nitrogens with one attached hydrogen (secondary N) is 1. The first-order valence-corrected chi connectivity index (χ1v) is 7.91. The van der Waals surface area contributed by atoms with Gasteiger partial charge in [0.05, 0.1) is 0 Å². The van der Waals surface area contributed by atoms with Gasteiger partial charge in [0.2, 0.25) is 0 Å². The molecule has 0 spiro atoms. The van der Waals surface area contributed by atoms with Crippen molar-refractivity contribution in [3.05, 3.63) is 90.4 Å². The van der Waals surface area contributed by atoms with Crippen molar-refractivity contribution in [3.63, 3.8) is 0 Å². The number of halogens is 2. The van der Waals surface area contributed by atoms with Gasteiger partial charge < -0.3 is 9.72 Å². The molecule has 4 nitrogen and oxygen atoms in total. The standard InChI is InChI=1S/C20H13F2N3O/c21-14-6-8-15(9-7-14)23-20(26)18-12-25-11-13(5-10-19(25)24-18)16-3-1-2-4-17(16)22/h1-12H,(H,23,26). The van der Waals surface area contributed by atoms with Crippen molar-refractivity contribution in [2.75, 3.05) is 5.32 Å². The van der Waals surface area contributed by atoms with Crippen LogP contribution in [-0.2, 0) is 0 Å². The van der Waals surface area contributed by atoms with Gasteiger partial charge in [-0.3, -0.25) is 4.79 Å². The van der Waals surface area contributed by atoms with Gasteiger partial charge in [0.25, 0.3) is 5.91 Å². The Balaban J connectivity index is 1.64. The largest absolute Gasteiger partial charge is 0.321 e. The molecule has 0 aliphatic heterocycles. The number of rotatable bonds is 3. The van der Waals surface area contributed by atoms with Gasteiger partial charge in [-0.2, -0.15) is 0 Å². The molecule has 2 aromatic carbocycles. The molecule has 26 heavy (non-hydrogen) atoms. The molecule has 0 radical (unpaired) electrons. The van der Waals surface area contributed by atoms with Crippen LogP contribution in [0.3, 0.4) is 0 Å². The highest BCUT2D eigenvalue weighted by atomic mass is 19.1. The summed E-state index contributed by atoms with van der Waals surface area (Å²) in [5.74, 6) is -1.11. The highest BCUT2D eigenvalue weighted by molar-refractivity contribution is 6.03. The molecule has 0 fully saturated rings. The Hall–Kier alpha value is -3.54. The van der Waals surface area contributed by atoms with Crippen molar-refractivity contribution >= 4 is 17.2 Å². The van der Waals surface area contributed by atoms with Crippen LogP contribution in [0.4, 0.5) is 14.5 Å². The lowest BCUT2D eigenvalue weighted by Gasteiger charge is -2.03. The SMILES string of the molecule is O=C(Nc1ccc(F)cc1)c1cn2cc(-c3ccccc3F)ccc2n1. The summed E-state index contributed by atoms with van der Waals surface area (Å²) in [6.45, 7) is 0. The predicted molar refractivity (Wildman–Crippen MR) is 94.9 cm³/mol. The van der Waals surface area contributed by atoms with Crippen LogP contribution >= 0.6 is 0 Å². The Labute approximate surface area is 147 Å². The normalized spacial score (nSPS) is 10.8. The fourth-order valence-electron chi connectivity index (χ4n) is 2.68. The summed E-state index contributed by atoms with van der Waals surface area (Å²) in [6, 6.07) is 15.4. The highest BCUT2D eigenvalue weighted by Gasteiger charge is 2.12. The molecule has 0 aliphatic carbocycles. The number of carbonyl (C=O) groups is 1. The van der Waals surface area contributed by atoms with Gasteiger partial charge in [0, 0.05) is 29.2 Å². The van der Waals surface area contributed by atoms with E-state index >= 15 is 0 Å². The zero-order chi connectivity index (χ0) is 18.1. The van der Waals surface area contributed by atoms with E-state index in [1.807, 2.05) is 0 Å². The van der Waals surface area contributed by atoms with Gasteiger partial charge in [0.1, 0.15) is 23.0 Å². The van der Waals surface area contributed by atoms with Crippen LogP contribution in [0, 0.1) is 11.6 Å². The maximum Gasteiger partial charge on any atom is 0.275 e. The van der Waals surface area contributed by atoms with Crippen LogP contribution in [0.25, 0.3) is 16.8 Å². The molecule has 6 heteroatoms. The van der Waals surface area contributed by atoms with E-state index in [4.69, 9.17) is 0 Å². The summed E-state index contributed by atoms with van der Waals surface area (Å²) in [5.41, 5.74) is 2.40. The number of amides is 1. The highest BCUT2D eigenvalue weighted by Crippen LogP contribution is 2.23. The number of fused-ring (bicyclic) bond motifs is 1. The lowest BCUT2D eigenvalue weighted by molar-refractivity contribution is 0.102. The van der Waals surface area contributed by atoms with E-state index < -0.39 is 5.91 Å². The molecule has 4 rings (SSSR count). The molecule has 0 saturated carbocycles. The van der Waals surface area contributed by atoms with E-state index in [9.17, 15) is 13.6 Å². The monoisotopic (exact) mass is 349 g/mol. The Morgan fingerprint density at radius 2 is 1.69 bits per heavy atom. The molecule has 0 aliphatic rings.